The Hall–Kier alpha value is -3.36. The molecule has 4 aromatic rings. The van der Waals surface area contributed by atoms with Crippen LogP contribution in [0.1, 0.15) is 11.4 Å². The maximum atomic E-state index is 14.3. The molecule has 4 heterocycles. The highest BCUT2D eigenvalue weighted by Crippen LogP contribution is 2.25. The summed E-state index contributed by atoms with van der Waals surface area (Å²) < 4.78 is 31.5. The van der Waals surface area contributed by atoms with Crippen LogP contribution in [0, 0.1) is 6.92 Å². The van der Waals surface area contributed by atoms with Gasteiger partial charge in [-0.1, -0.05) is 0 Å². The van der Waals surface area contributed by atoms with Gasteiger partial charge in [0.05, 0.1) is 29.0 Å². The van der Waals surface area contributed by atoms with Crippen molar-refractivity contribution >= 4 is 42.6 Å². The first-order valence-corrected chi connectivity index (χ1v) is 10.1. The minimum absolute atomic E-state index is 0.223. The number of rotatable bonds is 7. The Morgan fingerprint density at radius 2 is 1.78 bits per heavy atom. The third-order valence-corrected chi connectivity index (χ3v) is 5.23. The van der Waals surface area contributed by atoms with Crippen LogP contribution in [0.25, 0.3) is 22.8 Å². The number of oxazole rings is 1. The zero-order valence-electron chi connectivity index (χ0n) is 18.6. The van der Waals surface area contributed by atoms with E-state index in [1.807, 2.05) is 6.92 Å². The van der Waals surface area contributed by atoms with E-state index in [1.165, 1.54) is 22.0 Å². The van der Waals surface area contributed by atoms with Crippen molar-refractivity contribution in [3.8, 4) is 23.1 Å². The number of alkyl halides is 1. The summed E-state index contributed by atoms with van der Waals surface area (Å²) in [5, 5.41) is -0.991. The van der Waals surface area contributed by atoms with E-state index >= 15 is 0 Å². The highest BCUT2D eigenvalue weighted by Gasteiger charge is 2.38. The molecule has 158 valence electrons. The number of halogens is 1. The molecule has 0 fully saturated rings. The minimum Gasteiger partial charge on any atom is -0.502 e. The predicted molar refractivity (Wildman–Crippen MR) is 128 cm³/mol. The predicted octanol–water partition coefficient (Wildman–Crippen LogP) is -0.849. The lowest BCUT2D eigenvalue weighted by Gasteiger charge is -2.36. The number of aryl methyl sites for hydroxylation is 1. The Morgan fingerprint density at radius 1 is 1.00 bits per heavy atom. The van der Waals surface area contributed by atoms with Gasteiger partial charge in [-0.15, -0.1) is 0 Å². The van der Waals surface area contributed by atoms with Gasteiger partial charge in [-0.3, -0.25) is 9.37 Å². The monoisotopic (exact) mass is 429 g/mol. The molecule has 0 unspecified atom stereocenters. The fraction of sp³-hybridized carbons (Fsp3) is 0.211. The minimum atomic E-state index is -1.51. The van der Waals surface area contributed by atoms with E-state index in [0.717, 1.165) is 5.69 Å². The van der Waals surface area contributed by atoms with Crippen LogP contribution in [0.5, 0.6) is 11.5 Å². The Balaban J connectivity index is 1.43. The topological polar surface area (TPSA) is 96.1 Å². The van der Waals surface area contributed by atoms with E-state index in [2.05, 4.69) is 24.9 Å². The van der Waals surface area contributed by atoms with Crippen molar-refractivity contribution in [2.24, 2.45) is 0 Å². The average Bonchev–Trinajstić information content (AvgIpc) is 3.16. The molecule has 0 aliphatic carbocycles. The highest BCUT2D eigenvalue weighted by molar-refractivity contribution is 6.53. The van der Waals surface area contributed by atoms with E-state index in [0.29, 0.717) is 40.0 Å². The Bertz CT molecular complexity index is 1250. The second kappa shape index (κ2) is 8.29. The van der Waals surface area contributed by atoms with Gasteiger partial charge < -0.3 is 13.9 Å². The van der Waals surface area contributed by atoms with Crippen LogP contribution in [-0.4, -0.2) is 67.2 Å². The van der Waals surface area contributed by atoms with Crippen molar-refractivity contribution in [1.29, 1.82) is 0 Å². The number of aromatic nitrogens is 5. The lowest BCUT2D eigenvalue weighted by atomic mass is 9.43. The molecule has 0 atom stereocenters. The van der Waals surface area contributed by atoms with Crippen LogP contribution in [0.15, 0.2) is 47.4 Å². The van der Waals surface area contributed by atoms with E-state index in [1.54, 1.807) is 52.4 Å². The Labute approximate surface area is 188 Å². The summed E-state index contributed by atoms with van der Waals surface area (Å²) in [6.07, 6.45) is 4.58. The standard InChI is InChI=1S/C19H20B4FN5O3/c1-10-4-14(28-9-27-10)17-29-15-5-13(7-26-16(15)31-17)30-8-11-2-3-12(6-25-11)32-19(22,23)18(20,21)24/h2-7,9H,8,20-23H2,1H3. The van der Waals surface area contributed by atoms with Gasteiger partial charge in [0.25, 0.3) is 0 Å². The van der Waals surface area contributed by atoms with Crippen molar-refractivity contribution in [1.82, 2.24) is 24.9 Å². The maximum absolute atomic E-state index is 14.3. The molecule has 4 rings (SSSR count). The highest BCUT2D eigenvalue weighted by atomic mass is 19.1. The van der Waals surface area contributed by atoms with Crippen LogP contribution in [0.4, 0.5) is 4.39 Å². The molecule has 0 saturated carbocycles. The molecule has 8 nitrogen and oxygen atoms in total. The van der Waals surface area contributed by atoms with Crippen LogP contribution < -0.4 is 9.47 Å². The summed E-state index contributed by atoms with van der Waals surface area (Å²) in [5.74, 6) is 1.38. The fourth-order valence-corrected chi connectivity index (χ4v) is 2.69. The molecule has 0 radical (unpaired) electrons. The molecule has 0 saturated heterocycles. The first-order chi connectivity index (χ1) is 15.1. The van der Waals surface area contributed by atoms with Gasteiger partial charge in [-0.05, 0) is 25.1 Å². The zero-order chi connectivity index (χ0) is 22.9. The summed E-state index contributed by atoms with van der Waals surface area (Å²) >= 11 is 0. The maximum Gasteiger partial charge on any atom is 0.248 e. The zero-order valence-corrected chi connectivity index (χ0v) is 18.6. The van der Waals surface area contributed by atoms with Crippen molar-refractivity contribution in [2.45, 2.75) is 24.4 Å². The molecular formula is C19H20B4FN5O3. The summed E-state index contributed by atoms with van der Waals surface area (Å²) in [5.41, 5.74) is 1.53. The van der Waals surface area contributed by atoms with E-state index in [-0.39, 0.29) is 6.61 Å². The number of hydrogen-bond donors (Lipinski definition) is 0. The lowest BCUT2D eigenvalue weighted by molar-refractivity contribution is 0.149. The molecule has 32 heavy (non-hydrogen) atoms. The van der Waals surface area contributed by atoms with Crippen molar-refractivity contribution in [3.63, 3.8) is 0 Å². The van der Waals surface area contributed by atoms with Crippen molar-refractivity contribution < 1.29 is 18.3 Å². The van der Waals surface area contributed by atoms with E-state index in [9.17, 15) is 4.39 Å². The van der Waals surface area contributed by atoms with Gasteiger partial charge in [0.15, 0.2) is 0 Å². The molecule has 0 aliphatic heterocycles. The van der Waals surface area contributed by atoms with Gasteiger partial charge in [-0.25, -0.2) is 19.9 Å². The SMILES string of the molecule is BC(B)(F)C(B)(B)Oc1ccc(COc2cnc3oc(-c4cc(C)ncn4)nc3c2)nc1. The lowest BCUT2D eigenvalue weighted by Crippen LogP contribution is -2.57. The molecule has 0 N–H and O–H groups in total. The molecular weight excluding hydrogens is 408 g/mol. The van der Waals surface area contributed by atoms with Gasteiger partial charge in [0.2, 0.25) is 11.6 Å². The van der Waals surface area contributed by atoms with Crippen LogP contribution in [0.2, 0.25) is 0 Å². The molecule has 0 aromatic carbocycles. The Morgan fingerprint density at radius 3 is 2.47 bits per heavy atom. The smallest absolute Gasteiger partial charge is 0.248 e. The summed E-state index contributed by atoms with van der Waals surface area (Å²) in [6.45, 7) is 2.09. The summed E-state index contributed by atoms with van der Waals surface area (Å²) in [7, 11) is 6.38. The number of nitrogens with zero attached hydrogens (tertiary/aromatic N) is 5. The third kappa shape index (κ3) is 4.76. The molecule has 0 bridgehead atoms. The van der Waals surface area contributed by atoms with Crippen molar-refractivity contribution in [3.05, 3.63) is 54.4 Å². The fourth-order valence-electron chi connectivity index (χ4n) is 2.69. The van der Waals surface area contributed by atoms with Gasteiger partial charge in [-0.2, -0.15) is 0 Å². The first kappa shape index (κ1) is 21.9. The van der Waals surface area contributed by atoms with Gasteiger partial charge in [0.1, 0.15) is 67.0 Å². The number of pyridine rings is 2. The second-order valence-corrected chi connectivity index (χ2v) is 8.42. The Kier molecular flexibility index (Phi) is 5.66. The second-order valence-electron chi connectivity index (χ2n) is 8.42. The van der Waals surface area contributed by atoms with E-state index in [4.69, 9.17) is 13.9 Å². The number of fused-ring (bicyclic) bond motifs is 1. The first-order valence-electron chi connectivity index (χ1n) is 10.1. The summed E-state index contributed by atoms with van der Waals surface area (Å²) in [6, 6.07) is 7.05. The van der Waals surface area contributed by atoms with Crippen LogP contribution in [-0.2, 0) is 6.61 Å². The van der Waals surface area contributed by atoms with E-state index < -0.39 is 10.9 Å². The molecule has 0 aliphatic rings. The molecule has 4 aromatic heterocycles. The van der Waals surface area contributed by atoms with Gasteiger partial charge >= 0.3 is 0 Å². The van der Waals surface area contributed by atoms with Crippen LogP contribution in [0.3, 0.4) is 0 Å². The van der Waals surface area contributed by atoms with Crippen LogP contribution >= 0.6 is 0 Å². The third-order valence-electron chi connectivity index (χ3n) is 5.23. The number of ether oxygens (including phenoxy) is 2. The normalized spacial score (nSPS) is 12.1. The largest absolute Gasteiger partial charge is 0.502 e. The summed E-state index contributed by atoms with van der Waals surface area (Å²) in [4.78, 5) is 21.3. The molecule has 0 spiro atoms. The molecule has 13 heteroatoms. The average molecular weight is 429 g/mol. The molecule has 0 amide bonds. The van der Waals surface area contributed by atoms with Gasteiger partial charge in [0, 0.05) is 11.8 Å². The quantitative estimate of drug-likeness (QED) is 0.351. The number of hydrogen-bond acceptors (Lipinski definition) is 8. The van der Waals surface area contributed by atoms with Crippen molar-refractivity contribution in [2.75, 3.05) is 0 Å².